The molecule has 0 radical (unpaired) electrons. The van der Waals surface area contributed by atoms with Gasteiger partial charge in [0.15, 0.2) is 0 Å². The van der Waals surface area contributed by atoms with Crippen molar-refractivity contribution in [2.24, 2.45) is 0 Å². The van der Waals surface area contributed by atoms with E-state index in [4.69, 9.17) is 4.74 Å². The monoisotopic (exact) mass is 446 g/mol. The van der Waals surface area contributed by atoms with Crippen LogP contribution in [0.25, 0.3) is 17.1 Å². The lowest BCUT2D eigenvalue weighted by atomic mass is 10.2. The van der Waals surface area contributed by atoms with Crippen molar-refractivity contribution in [2.45, 2.75) is 33.4 Å². The summed E-state index contributed by atoms with van der Waals surface area (Å²) in [4.78, 5) is 21.3. The van der Waals surface area contributed by atoms with Gasteiger partial charge in [0.1, 0.15) is 18.2 Å². The maximum atomic E-state index is 12.3. The van der Waals surface area contributed by atoms with E-state index in [1.807, 2.05) is 61.7 Å². The number of benzene rings is 2. The van der Waals surface area contributed by atoms with Gasteiger partial charge in [0.25, 0.3) is 0 Å². The summed E-state index contributed by atoms with van der Waals surface area (Å²) in [6, 6.07) is 15.8. The van der Waals surface area contributed by atoms with Gasteiger partial charge in [0.2, 0.25) is 5.91 Å². The second-order valence-corrected chi connectivity index (χ2v) is 8.52. The van der Waals surface area contributed by atoms with Gasteiger partial charge in [-0.05, 0) is 44.5 Å². The SMILES string of the molecule is Cc1nc(COc2ccccc2/C=C/C(=O)NCCCn2c(C)nc3ccccc32)cs1. The molecule has 0 spiro atoms. The molecule has 1 amide bonds. The number of aromatic nitrogens is 3. The fourth-order valence-corrected chi connectivity index (χ4v) is 4.12. The van der Waals surface area contributed by atoms with E-state index < -0.39 is 0 Å². The fourth-order valence-electron chi connectivity index (χ4n) is 3.53. The van der Waals surface area contributed by atoms with Crippen LogP contribution in [0.3, 0.4) is 0 Å². The molecule has 0 aliphatic carbocycles. The largest absolute Gasteiger partial charge is 0.487 e. The minimum atomic E-state index is -0.123. The van der Waals surface area contributed by atoms with Gasteiger partial charge in [-0.25, -0.2) is 9.97 Å². The van der Waals surface area contributed by atoms with E-state index in [0.717, 1.165) is 51.8 Å². The number of amides is 1. The van der Waals surface area contributed by atoms with E-state index in [1.54, 1.807) is 23.5 Å². The van der Waals surface area contributed by atoms with Crippen LogP contribution in [0.5, 0.6) is 5.75 Å². The molecule has 0 fully saturated rings. The van der Waals surface area contributed by atoms with Crippen molar-refractivity contribution >= 4 is 34.4 Å². The maximum Gasteiger partial charge on any atom is 0.244 e. The number of thiazole rings is 1. The number of para-hydroxylation sites is 3. The van der Waals surface area contributed by atoms with Gasteiger partial charge in [0.05, 0.1) is 21.7 Å². The number of aryl methyl sites for hydroxylation is 3. The molecule has 7 heteroatoms. The van der Waals surface area contributed by atoms with E-state index in [-0.39, 0.29) is 5.91 Å². The predicted octanol–water partition coefficient (Wildman–Crippen LogP) is 4.91. The second-order valence-electron chi connectivity index (χ2n) is 7.46. The van der Waals surface area contributed by atoms with E-state index in [0.29, 0.717) is 13.2 Å². The zero-order chi connectivity index (χ0) is 22.3. The number of nitrogens with one attached hydrogen (secondary N) is 1. The molecule has 32 heavy (non-hydrogen) atoms. The van der Waals surface area contributed by atoms with E-state index in [2.05, 4.69) is 25.9 Å². The van der Waals surface area contributed by atoms with Crippen LogP contribution in [0.15, 0.2) is 60.0 Å². The Bertz CT molecular complexity index is 1240. The van der Waals surface area contributed by atoms with Crippen LogP contribution in [0.1, 0.15) is 28.5 Å². The van der Waals surface area contributed by atoms with Crippen LogP contribution in [-0.2, 0) is 17.9 Å². The Hall–Kier alpha value is -3.45. The second kappa shape index (κ2) is 10.2. The van der Waals surface area contributed by atoms with Crippen molar-refractivity contribution in [2.75, 3.05) is 6.54 Å². The Labute approximate surface area is 191 Å². The number of imidazole rings is 1. The molecule has 0 aliphatic rings. The van der Waals surface area contributed by atoms with Crippen LogP contribution < -0.4 is 10.1 Å². The summed E-state index contributed by atoms with van der Waals surface area (Å²) >= 11 is 1.60. The van der Waals surface area contributed by atoms with Gasteiger partial charge in [-0.1, -0.05) is 30.3 Å². The maximum absolute atomic E-state index is 12.3. The van der Waals surface area contributed by atoms with Crippen molar-refractivity contribution in [1.82, 2.24) is 19.9 Å². The molecular formula is C25H26N4O2S. The number of nitrogens with zero attached hydrogens (tertiary/aromatic N) is 3. The van der Waals surface area contributed by atoms with Gasteiger partial charge in [-0.2, -0.15) is 0 Å². The van der Waals surface area contributed by atoms with Gasteiger partial charge in [-0.3, -0.25) is 4.79 Å². The molecule has 0 unspecified atom stereocenters. The molecule has 1 N–H and O–H groups in total. The molecule has 2 heterocycles. The van der Waals surface area contributed by atoms with Crippen LogP contribution in [0, 0.1) is 13.8 Å². The van der Waals surface area contributed by atoms with E-state index in [1.165, 1.54) is 0 Å². The summed E-state index contributed by atoms with van der Waals surface area (Å²) in [5.41, 5.74) is 3.89. The first kappa shape index (κ1) is 21.8. The van der Waals surface area contributed by atoms with Gasteiger partial charge >= 0.3 is 0 Å². The standard InChI is InChI=1S/C25H26N4O2S/c1-18-27-22-9-4-5-10-23(22)29(18)15-7-14-26-25(30)13-12-20-8-3-6-11-24(20)31-16-21-17-32-19(2)28-21/h3-6,8-13,17H,7,14-16H2,1-2H3,(H,26,30)/b13-12+. The molecule has 0 saturated carbocycles. The number of carbonyl (C=O) groups excluding carboxylic acids is 1. The van der Waals surface area contributed by atoms with Crippen LogP contribution in [0.2, 0.25) is 0 Å². The lowest BCUT2D eigenvalue weighted by molar-refractivity contribution is -0.116. The average Bonchev–Trinajstić information content (AvgIpc) is 3.36. The molecule has 4 aromatic rings. The van der Waals surface area contributed by atoms with Gasteiger partial charge < -0.3 is 14.6 Å². The number of rotatable bonds is 9. The molecule has 4 rings (SSSR count). The molecular weight excluding hydrogens is 420 g/mol. The summed E-state index contributed by atoms with van der Waals surface area (Å²) in [5.74, 6) is 1.59. The molecule has 0 atom stereocenters. The lowest BCUT2D eigenvalue weighted by Crippen LogP contribution is -2.23. The molecule has 0 aliphatic heterocycles. The minimum Gasteiger partial charge on any atom is -0.487 e. The van der Waals surface area contributed by atoms with E-state index >= 15 is 0 Å². The summed E-state index contributed by atoms with van der Waals surface area (Å²) in [7, 11) is 0. The fraction of sp³-hybridized carbons (Fsp3) is 0.240. The summed E-state index contributed by atoms with van der Waals surface area (Å²) in [6.07, 6.45) is 4.16. The van der Waals surface area contributed by atoms with Gasteiger partial charge in [0, 0.05) is 30.1 Å². The summed E-state index contributed by atoms with van der Waals surface area (Å²) < 4.78 is 8.10. The highest BCUT2D eigenvalue weighted by Gasteiger charge is 2.07. The molecule has 0 saturated heterocycles. The summed E-state index contributed by atoms with van der Waals surface area (Å²) in [5, 5.41) is 5.97. The third kappa shape index (κ3) is 5.42. The lowest BCUT2D eigenvalue weighted by Gasteiger charge is -2.08. The van der Waals surface area contributed by atoms with Crippen LogP contribution in [0.4, 0.5) is 0 Å². The molecule has 0 bridgehead atoms. The molecule has 6 nitrogen and oxygen atoms in total. The Balaban J connectivity index is 1.28. The zero-order valence-electron chi connectivity index (χ0n) is 18.2. The highest BCUT2D eigenvalue weighted by atomic mass is 32.1. The number of ether oxygens (including phenoxy) is 1. The summed E-state index contributed by atoms with van der Waals surface area (Å²) in [6.45, 7) is 5.79. The third-order valence-electron chi connectivity index (χ3n) is 5.08. The van der Waals surface area contributed by atoms with Gasteiger partial charge in [-0.15, -0.1) is 11.3 Å². The highest BCUT2D eigenvalue weighted by Crippen LogP contribution is 2.21. The number of hydrogen-bond acceptors (Lipinski definition) is 5. The Kier molecular flexibility index (Phi) is 6.97. The first-order valence-electron chi connectivity index (χ1n) is 10.6. The van der Waals surface area contributed by atoms with Crippen molar-refractivity contribution in [1.29, 1.82) is 0 Å². The van der Waals surface area contributed by atoms with Crippen molar-refractivity contribution in [3.05, 3.63) is 82.1 Å². The third-order valence-corrected chi connectivity index (χ3v) is 5.90. The highest BCUT2D eigenvalue weighted by molar-refractivity contribution is 7.09. The Morgan fingerprint density at radius 3 is 2.78 bits per heavy atom. The van der Waals surface area contributed by atoms with Crippen molar-refractivity contribution in [3.63, 3.8) is 0 Å². The quantitative estimate of drug-likeness (QED) is 0.293. The van der Waals surface area contributed by atoms with Crippen molar-refractivity contribution in [3.8, 4) is 5.75 Å². The molecule has 2 aromatic heterocycles. The zero-order valence-corrected chi connectivity index (χ0v) is 19.1. The first-order chi connectivity index (χ1) is 15.6. The molecule has 2 aromatic carbocycles. The van der Waals surface area contributed by atoms with Crippen LogP contribution in [-0.4, -0.2) is 27.0 Å². The predicted molar refractivity (Wildman–Crippen MR) is 129 cm³/mol. The molecule has 164 valence electrons. The van der Waals surface area contributed by atoms with E-state index in [9.17, 15) is 4.79 Å². The number of hydrogen-bond donors (Lipinski definition) is 1. The first-order valence-corrected chi connectivity index (χ1v) is 11.5. The van der Waals surface area contributed by atoms with Crippen LogP contribution >= 0.6 is 11.3 Å². The Morgan fingerprint density at radius 2 is 1.94 bits per heavy atom. The minimum absolute atomic E-state index is 0.123. The smallest absolute Gasteiger partial charge is 0.244 e. The number of fused-ring (bicyclic) bond motifs is 1. The topological polar surface area (TPSA) is 69.0 Å². The Morgan fingerprint density at radius 1 is 1.12 bits per heavy atom. The number of carbonyl (C=O) groups is 1. The van der Waals surface area contributed by atoms with Crippen molar-refractivity contribution < 1.29 is 9.53 Å². The normalized spacial score (nSPS) is 11.3. The average molecular weight is 447 g/mol.